The Kier molecular flexibility index (Phi) is 4.32. The van der Waals surface area contributed by atoms with E-state index in [1.807, 2.05) is 34.6 Å². The standard InChI is InChI=1S/C14H16IN3O2S/c1-9(13(19)17-4-6-20-7-5-17)18-12-3-2-10(15)8-11(12)16-14(18)21/h2-3,8-9H,4-7H2,1H3,(H,16,21). The van der Waals surface area contributed by atoms with Crippen LogP contribution in [0.2, 0.25) is 0 Å². The highest BCUT2D eigenvalue weighted by molar-refractivity contribution is 14.1. The number of nitrogens with zero attached hydrogens (tertiary/aromatic N) is 2. The van der Waals surface area contributed by atoms with Crippen LogP contribution in [-0.4, -0.2) is 46.7 Å². The van der Waals surface area contributed by atoms with E-state index in [9.17, 15) is 4.79 Å². The van der Waals surface area contributed by atoms with Crippen LogP contribution in [0.4, 0.5) is 0 Å². The summed E-state index contributed by atoms with van der Waals surface area (Å²) in [4.78, 5) is 17.7. The lowest BCUT2D eigenvalue weighted by atomic mass is 10.2. The zero-order valence-corrected chi connectivity index (χ0v) is 14.6. The lowest BCUT2D eigenvalue weighted by Gasteiger charge is -2.29. The minimum atomic E-state index is -0.315. The summed E-state index contributed by atoms with van der Waals surface area (Å²) in [5.41, 5.74) is 1.93. The van der Waals surface area contributed by atoms with E-state index in [2.05, 4.69) is 27.6 Å². The lowest BCUT2D eigenvalue weighted by molar-refractivity contribution is -0.138. The third kappa shape index (κ3) is 2.86. The summed E-state index contributed by atoms with van der Waals surface area (Å²) >= 11 is 7.67. The normalized spacial score (nSPS) is 17.1. The Hall–Kier alpha value is -0.930. The molecule has 0 saturated carbocycles. The maximum absolute atomic E-state index is 12.6. The first-order chi connectivity index (χ1) is 10.1. The molecule has 1 atom stereocenters. The molecule has 0 spiro atoms. The Morgan fingerprint density at radius 3 is 2.86 bits per heavy atom. The van der Waals surface area contributed by atoms with Crippen molar-refractivity contribution in [1.82, 2.24) is 14.5 Å². The number of nitrogens with one attached hydrogen (secondary N) is 1. The quantitative estimate of drug-likeness (QED) is 0.604. The van der Waals surface area contributed by atoms with E-state index < -0.39 is 0 Å². The number of imidazole rings is 1. The number of carbonyl (C=O) groups excluding carboxylic acids is 1. The Morgan fingerprint density at radius 2 is 2.14 bits per heavy atom. The molecule has 0 aliphatic carbocycles. The van der Waals surface area contributed by atoms with Crippen molar-refractivity contribution in [1.29, 1.82) is 0 Å². The second kappa shape index (κ2) is 6.05. The molecule has 1 saturated heterocycles. The van der Waals surface area contributed by atoms with Gasteiger partial charge in [0.2, 0.25) is 5.91 Å². The van der Waals surface area contributed by atoms with Gasteiger partial charge in [-0.15, -0.1) is 0 Å². The van der Waals surface area contributed by atoms with Gasteiger partial charge in [-0.05, 0) is 59.9 Å². The van der Waals surface area contributed by atoms with Crippen molar-refractivity contribution in [2.75, 3.05) is 26.3 Å². The summed E-state index contributed by atoms with van der Waals surface area (Å²) in [6.45, 7) is 4.41. The molecule has 0 bridgehead atoms. The summed E-state index contributed by atoms with van der Waals surface area (Å²) < 4.78 is 8.92. The number of carbonyl (C=O) groups is 1. The number of benzene rings is 1. The summed E-state index contributed by atoms with van der Waals surface area (Å²) in [5.74, 6) is 0.0915. The van der Waals surface area contributed by atoms with E-state index in [4.69, 9.17) is 17.0 Å². The summed E-state index contributed by atoms with van der Waals surface area (Å²) in [6, 6.07) is 5.75. The molecule has 1 aromatic heterocycles. The van der Waals surface area contributed by atoms with Gasteiger partial charge in [-0.1, -0.05) is 0 Å². The van der Waals surface area contributed by atoms with Crippen molar-refractivity contribution >= 4 is 51.7 Å². The average molecular weight is 417 g/mol. The highest BCUT2D eigenvalue weighted by Crippen LogP contribution is 2.22. The van der Waals surface area contributed by atoms with E-state index in [1.165, 1.54) is 0 Å². The zero-order valence-electron chi connectivity index (χ0n) is 11.6. The smallest absolute Gasteiger partial charge is 0.245 e. The number of amides is 1. The number of aromatic amines is 1. The predicted octanol–water partition coefficient (Wildman–Crippen LogP) is 2.72. The maximum atomic E-state index is 12.6. The van der Waals surface area contributed by atoms with Gasteiger partial charge in [0.15, 0.2) is 4.77 Å². The third-order valence-corrected chi connectivity index (χ3v) is 4.72. The molecule has 5 nitrogen and oxygen atoms in total. The van der Waals surface area contributed by atoms with Crippen LogP contribution in [0.15, 0.2) is 18.2 Å². The van der Waals surface area contributed by atoms with Gasteiger partial charge in [0.05, 0.1) is 24.2 Å². The highest BCUT2D eigenvalue weighted by Gasteiger charge is 2.25. The van der Waals surface area contributed by atoms with Crippen LogP contribution < -0.4 is 0 Å². The fourth-order valence-electron chi connectivity index (χ4n) is 2.65. The molecule has 1 aliphatic heterocycles. The van der Waals surface area contributed by atoms with Crippen LogP contribution in [0.25, 0.3) is 11.0 Å². The van der Waals surface area contributed by atoms with Gasteiger partial charge in [0.25, 0.3) is 0 Å². The van der Waals surface area contributed by atoms with Gasteiger partial charge in [0.1, 0.15) is 6.04 Å². The molecule has 1 fully saturated rings. The van der Waals surface area contributed by atoms with Crippen LogP contribution in [0.3, 0.4) is 0 Å². The van der Waals surface area contributed by atoms with Crippen molar-refractivity contribution in [3.8, 4) is 0 Å². The lowest BCUT2D eigenvalue weighted by Crippen LogP contribution is -2.43. The molecule has 1 aromatic carbocycles. The largest absolute Gasteiger partial charge is 0.378 e. The highest BCUT2D eigenvalue weighted by atomic mass is 127. The molecule has 21 heavy (non-hydrogen) atoms. The Morgan fingerprint density at radius 1 is 1.43 bits per heavy atom. The molecular formula is C14H16IN3O2S. The summed E-state index contributed by atoms with van der Waals surface area (Å²) in [7, 11) is 0. The number of hydrogen-bond donors (Lipinski definition) is 1. The maximum Gasteiger partial charge on any atom is 0.245 e. The molecule has 3 rings (SSSR count). The minimum Gasteiger partial charge on any atom is -0.378 e. The van der Waals surface area contributed by atoms with Gasteiger partial charge in [-0.25, -0.2) is 0 Å². The molecule has 1 unspecified atom stereocenters. The molecule has 1 aliphatic rings. The van der Waals surface area contributed by atoms with Crippen LogP contribution >= 0.6 is 34.8 Å². The molecule has 2 aromatic rings. The van der Waals surface area contributed by atoms with Crippen molar-refractivity contribution in [3.63, 3.8) is 0 Å². The van der Waals surface area contributed by atoms with Gasteiger partial charge in [0, 0.05) is 16.7 Å². The van der Waals surface area contributed by atoms with E-state index in [0.717, 1.165) is 14.6 Å². The van der Waals surface area contributed by atoms with Crippen LogP contribution in [-0.2, 0) is 9.53 Å². The number of morpholine rings is 1. The van der Waals surface area contributed by atoms with E-state index >= 15 is 0 Å². The van der Waals surface area contributed by atoms with Crippen LogP contribution in [0.5, 0.6) is 0 Å². The van der Waals surface area contributed by atoms with Gasteiger partial charge in [-0.2, -0.15) is 0 Å². The molecule has 112 valence electrons. The molecule has 2 heterocycles. The van der Waals surface area contributed by atoms with Gasteiger partial charge < -0.3 is 19.2 Å². The number of H-pyrrole nitrogens is 1. The van der Waals surface area contributed by atoms with Crippen LogP contribution in [0, 0.1) is 8.34 Å². The summed E-state index contributed by atoms with van der Waals surface area (Å²) in [5, 5.41) is 0. The van der Waals surface area contributed by atoms with Crippen molar-refractivity contribution < 1.29 is 9.53 Å². The number of hydrogen-bond acceptors (Lipinski definition) is 3. The monoisotopic (exact) mass is 417 g/mol. The average Bonchev–Trinajstić information content (AvgIpc) is 2.81. The third-order valence-electron chi connectivity index (χ3n) is 3.75. The molecule has 1 amide bonds. The SMILES string of the molecule is CC(C(=O)N1CCOCC1)n1c(=S)[nH]c2cc(I)ccc21. The number of halogens is 1. The topological polar surface area (TPSA) is 50.3 Å². The number of aromatic nitrogens is 2. The number of ether oxygens (including phenoxy) is 1. The van der Waals surface area contributed by atoms with Gasteiger partial charge >= 0.3 is 0 Å². The minimum absolute atomic E-state index is 0.0915. The van der Waals surface area contributed by atoms with E-state index in [1.54, 1.807) is 0 Å². The molecule has 7 heteroatoms. The van der Waals surface area contributed by atoms with Gasteiger partial charge in [-0.3, -0.25) is 4.79 Å². The second-order valence-corrected chi connectivity index (χ2v) is 6.71. The Balaban J connectivity index is 1.97. The molecular weight excluding hydrogens is 401 g/mol. The van der Waals surface area contributed by atoms with Crippen LogP contribution in [0.1, 0.15) is 13.0 Å². The fourth-order valence-corrected chi connectivity index (χ4v) is 3.50. The summed E-state index contributed by atoms with van der Waals surface area (Å²) in [6.07, 6.45) is 0. The van der Waals surface area contributed by atoms with Crippen molar-refractivity contribution in [2.24, 2.45) is 0 Å². The number of fused-ring (bicyclic) bond motifs is 1. The van der Waals surface area contributed by atoms with E-state index in [-0.39, 0.29) is 11.9 Å². The second-order valence-electron chi connectivity index (χ2n) is 5.08. The zero-order chi connectivity index (χ0) is 15.0. The molecule has 1 N–H and O–H groups in total. The Labute approximate surface area is 141 Å². The predicted molar refractivity (Wildman–Crippen MR) is 91.9 cm³/mol. The fraction of sp³-hybridized carbons (Fsp3) is 0.429. The van der Waals surface area contributed by atoms with Crippen molar-refractivity contribution in [2.45, 2.75) is 13.0 Å². The first kappa shape index (κ1) is 15.0. The molecule has 0 radical (unpaired) electrons. The van der Waals surface area contributed by atoms with Crippen molar-refractivity contribution in [3.05, 3.63) is 26.5 Å². The number of rotatable bonds is 2. The Bertz CT molecular complexity index is 733. The first-order valence-corrected chi connectivity index (χ1v) is 8.33. The first-order valence-electron chi connectivity index (χ1n) is 6.84. The van der Waals surface area contributed by atoms with E-state index in [0.29, 0.717) is 31.1 Å².